The Hall–Kier alpha value is -1.67. The van der Waals surface area contributed by atoms with E-state index >= 15 is 0 Å². The predicted octanol–water partition coefficient (Wildman–Crippen LogP) is 4.11. The van der Waals surface area contributed by atoms with Gasteiger partial charge in [-0.05, 0) is 36.4 Å². The molecule has 2 aromatic carbocycles. The number of para-hydroxylation sites is 1. The van der Waals surface area contributed by atoms with E-state index in [2.05, 4.69) is 0 Å². The van der Waals surface area contributed by atoms with Crippen LogP contribution in [0.25, 0.3) is 0 Å². The summed E-state index contributed by atoms with van der Waals surface area (Å²) in [6.45, 7) is 0. The molecule has 0 atom stereocenters. The van der Waals surface area contributed by atoms with Gasteiger partial charge in [0.25, 0.3) is 0 Å². The lowest BCUT2D eigenvalue weighted by atomic mass is 10.3. The molecule has 0 fully saturated rings. The Bertz CT molecular complexity index is 455. The van der Waals surface area contributed by atoms with Crippen LogP contribution in [0.1, 0.15) is 0 Å². The molecule has 0 bridgehead atoms. The maximum absolute atomic E-state index is 5.75. The van der Waals surface area contributed by atoms with Crippen molar-refractivity contribution in [3.05, 3.63) is 54.6 Å². The van der Waals surface area contributed by atoms with Crippen LogP contribution in [-0.4, -0.2) is 13.1 Å². The van der Waals surface area contributed by atoms with Gasteiger partial charge < -0.3 is 9.64 Å². The molecule has 0 spiro atoms. The Balaban J connectivity index is 2.08. The number of halogens is 1. The highest BCUT2D eigenvalue weighted by Gasteiger charge is 2.00. The Morgan fingerprint density at radius 3 is 2.12 bits per heavy atom. The summed E-state index contributed by atoms with van der Waals surface area (Å²) in [7, 11) is 1.94. The first-order valence-electron chi connectivity index (χ1n) is 5.39. The van der Waals surface area contributed by atoms with Crippen LogP contribution in [0.3, 0.4) is 0 Å². The molecule has 88 valence electrons. The highest BCUT2D eigenvalue weighted by molar-refractivity contribution is 6.18. The molecule has 0 aliphatic rings. The molecule has 0 unspecified atom stereocenters. The average Bonchev–Trinajstić information content (AvgIpc) is 2.40. The summed E-state index contributed by atoms with van der Waals surface area (Å²) in [5.41, 5.74) is 1.07. The van der Waals surface area contributed by atoms with Crippen LogP contribution in [0.5, 0.6) is 11.5 Å². The SMILES string of the molecule is CN(CCl)c1ccc(Oc2ccccc2)cc1. The molecular formula is C14H14ClNO. The zero-order chi connectivity index (χ0) is 12.1. The molecular weight excluding hydrogens is 234 g/mol. The first kappa shape index (κ1) is 11.8. The first-order valence-corrected chi connectivity index (χ1v) is 5.93. The molecule has 0 radical (unpaired) electrons. The van der Waals surface area contributed by atoms with E-state index in [4.69, 9.17) is 16.3 Å². The van der Waals surface area contributed by atoms with E-state index < -0.39 is 0 Å². The number of hydrogen-bond acceptors (Lipinski definition) is 2. The number of hydrogen-bond donors (Lipinski definition) is 0. The third-order valence-corrected chi connectivity index (χ3v) is 2.79. The molecule has 0 saturated carbocycles. The van der Waals surface area contributed by atoms with Crippen molar-refractivity contribution < 1.29 is 4.74 Å². The fourth-order valence-corrected chi connectivity index (χ4v) is 1.60. The van der Waals surface area contributed by atoms with Crippen LogP contribution in [0, 0.1) is 0 Å². The van der Waals surface area contributed by atoms with Gasteiger partial charge in [-0.25, -0.2) is 0 Å². The van der Waals surface area contributed by atoms with Gasteiger partial charge in [0, 0.05) is 12.7 Å². The largest absolute Gasteiger partial charge is 0.457 e. The van der Waals surface area contributed by atoms with Crippen molar-refractivity contribution in [1.82, 2.24) is 0 Å². The van der Waals surface area contributed by atoms with Crippen molar-refractivity contribution in [3.63, 3.8) is 0 Å². The van der Waals surface area contributed by atoms with Crippen molar-refractivity contribution in [2.24, 2.45) is 0 Å². The number of rotatable bonds is 4. The highest BCUT2D eigenvalue weighted by atomic mass is 35.5. The van der Waals surface area contributed by atoms with Crippen molar-refractivity contribution in [1.29, 1.82) is 0 Å². The molecule has 2 aromatic rings. The molecule has 0 aromatic heterocycles. The molecule has 0 aliphatic heterocycles. The van der Waals surface area contributed by atoms with E-state index in [1.807, 2.05) is 66.5 Å². The minimum absolute atomic E-state index is 0.471. The lowest BCUT2D eigenvalue weighted by Gasteiger charge is -2.15. The van der Waals surface area contributed by atoms with Gasteiger partial charge in [0.2, 0.25) is 0 Å². The third-order valence-electron chi connectivity index (χ3n) is 2.44. The Morgan fingerprint density at radius 1 is 0.941 bits per heavy atom. The maximum atomic E-state index is 5.75. The topological polar surface area (TPSA) is 12.5 Å². The molecule has 0 amide bonds. The number of anilines is 1. The van der Waals surface area contributed by atoms with Gasteiger partial charge in [-0.15, -0.1) is 11.6 Å². The van der Waals surface area contributed by atoms with Crippen molar-refractivity contribution in [3.8, 4) is 11.5 Å². The Morgan fingerprint density at radius 2 is 1.53 bits per heavy atom. The quantitative estimate of drug-likeness (QED) is 0.596. The summed E-state index contributed by atoms with van der Waals surface area (Å²) in [6, 6.07) is 18.0. The second-order valence-electron chi connectivity index (χ2n) is 3.73. The van der Waals surface area contributed by atoms with Crippen LogP contribution in [0.2, 0.25) is 0 Å². The maximum Gasteiger partial charge on any atom is 0.127 e. The second kappa shape index (κ2) is 5.60. The van der Waals surface area contributed by atoms with Crippen molar-refractivity contribution >= 4 is 17.3 Å². The molecule has 3 heteroatoms. The van der Waals surface area contributed by atoms with Gasteiger partial charge in [0.15, 0.2) is 0 Å². The zero-order valence-electron chi connectivity index (χ0n) is 9.64. The minimum atomic E-state index is 0.471. The summed E-state index contributed by atoms with van der Waals surface area (Å²) < 4.78 is 5.70. The fraction of sp³-hybridized carbons (Fsp3) is 0.143. The average molecular weight is 248 g/mol. The van der Waals surface area contributed by atoms with E-state index in [1.54, 1.807) is 0 Å². The predicted molar refractivity (Wildman–Crippen MR) is 72.1 cm³/mol. The molecule has 0 heterocycles. The van der Waals surface area contributed by atoms with Gasteiger partial charge in [0.05, 0.1) is 6.00 Å². The molecule has 0 aliphatic carbocycles. The smallest absolute Gasteiger partial charge is 0.127 e. The van der Waals surface area contributed by atoms with Crippen molar-refractivity contribution in [2.45, 2.75) is 0 Å². The number of nitrogens with zero attached hydrogens (tertiary/aromatic N) is 1. The number of ether oxygens (including phenoxy) is 1. The highest BCUT2D eigenvalue weighted by Crippen LogP contribution is 2.23. The lowest BCUT2D eigenvalue weighted by Crippen LogP contribution is -2.13. The zero-order valence-corrected chi connectivity index (χ0v) is 10.4. The van der Waals surface area contributed by atoms with Gasteiger partial charge >= 0.3 is 0 Å². The van der Waals surface area contributed by atoms with E-state index in [0.29, 0.717) is 6.00 Å². The van der Waals surface area contributed by atoms with E-state index in [9.17, 15) is 0 Å². The molecule has 17 heavy (non-hydrogen) atoms. The summed E-state index contributed by atoms with van der Waals surface area (Å²) in [4.78, 5) is 1.95. The molecule has 2 rings (SSSR count). The van der Waals surface area contributed by atoms with E-state index in [-0.39, 0.29) is 0 Å². The van der Waals surface area contributed by atoms with Crippen LogP contribution < -0.4 is 9.64 Å². The second-order valence-corrected chi connectivity index (χ2v) is 3.97. The monoisotopic (exact) mass is 247 g/mol. The lowest BCUT2D eigenvalue weighted by molar-refractivity contribution is 0.482. The minimum Gasteiger partial charge on any atom is -0.457 e. The summed E-state index contributed by atoms with van der Waals surface area (Å²) in [5.74, 6) is 1.66. The normalized spacial score (nSPS) is 10.0. The van der Waals surface area contributed by atoms with Crippen LogP contribution in [0.15, 0.2) is 54.6 Å². The van der Waals surface area contributed by atoms with E-state index in [0.717, 1.165) is 17.2 Å². The molecule has 0 N–H and O–H groups in total. The van der Waals surface area contributed by atoms with Crippen LogP contribution >= 0.6 is 11.6 Å². The number of benzene rings is 2. The number of alkyl halides is 1. The third kappa shape index (κ3) is 3.14. The van der Waals surface area contributed by atoms with Crippen LogP contribution in [-0.2, 0) is 0 Å². The van der Waals surface area contributed by atoms with Crippen molar-refractivity contribution in [2.75, 3.05) is 18.0 Å². The van der Waals surface area contributed by atoms with Crippen LogP contribution in [0.4, 0.5) is 5.69 Å². The summed E-state index contributed by atoms with van der Waals surface area (Å²) in [6.07, 6.45) is 0. The summed E-state index contributed by atoms with van der Waals surface area (Å²) >= 11 is 5.75. The van der Waals surface area contributed by atoms with Gasteiger partial charge in [-0.1, -0.05) is 18.2 Å². The Kier molecular flexibility index (Phi) is 3.89. The molecule has 0 saturated heterocycles. The Labute approximate surface area is 106 Å². The fourth-order valence-electron chi connectivity index (χ4n) is 1.46. The van der Waals surface area contributed by atoms with Gasteiger partial charge in [0.1, 0.15) is 11.5 Å². The standard InChI is InChI=1S/C14H14ClNO/c1-16(11-15)12-7-9-14(10-8-12)17-13-5-3-2-4-6-13/h2-10H,11H2,1H3. The molecule has 2 nitrogen and oxygen atoms in total. The van der Waals surface area contributed by atoms with E-state index in [1.165, 1.54) is 0 Å². The van der Waals surface area contributed by atoms with Gasteiger partial charge in [-0.3, -0.25) is 0 Å². The first-order chi connectivity index (χ1) is 8.29. The van der Waals surface area contributed by atoms with Gasteiger partial charge in [-0.2, -0.15) is 0 Å². The summed E-state index contributed by atoms with van der Waals surface area (Å²) in [5, 5.41) is 0.